The number of nitrogens with zero attached hydrogens (tertiary/aromatic N) is 2. The number of sulfonamides is 1. The van der Waals surface area contributed by atoms with Crippen LogP contribution in [0.3, 0.4) is 0 Å². The zero-order valence-corrected chi connectivity index (χ0v) is 17.1. The fourth-order valence-electron chi connectivity index (χ4n) is 2.66. The summed E-state index contributed by atoms with van der Waals surface area (Å²) >= 11 is 1.65. The van der Waals surface area contributed by atoms with Gasteiger partial charge in [0.15, 0.2) is 0 Å². The number of carbonyl (C=O) groups excluding carboxylic acids is 1. The van der Waals surface area contributed by atoms with E-state index in [0.29, 0.717) is 26.1 Å². The molecule has 0 radical (unpaired) electrons. The Labute approximate surface area is 160 Å². The molecule has 0 aliphatic carbocycles. The Bertz CT molecular complexity index is 816. The normalized spacial score (nSPS) is 11.7. The van der Waals surface area contributed by atoms with Crippen molar-refractivity contribution in [1.29, 1.82) is 0 Å². The Morgan fingerprint density at radius 3 is 2.31 bits per heavy atom. The molecule has 2 rings (SSSR count). The molecule has 0 saturated carbocycles. The summed E-state index contributed by atoms with van der Waals surface area (Å²) < 4.78 is 25.2. The molecule has 0 bridgehead atoms. The van der Waals surface area contributed by atoms with Gasteiger partial charge in [0, 0.05) is 22.8 Å². The van der Waals surface area contributed by atoms with E-state index in [1.54, 1.807) is 16.2 Å². The van der Waals surface area contributed by atoms with Gasteiger partial charge in [-0.3, -0.25) is 4.79 Å². The van der Waals surface area contributed by atoms with Gasteiger partial charge >= 0.3 is 0 Å². The van der Waals surface area contributed by atoms with Crippen LogP contribution in [-0.2, 0) is 27.9 Å². The Morgan fingerprint density at radius 1 is 1.08 bits per heavy atom. The van der Waals surface area contributed by atoms with E-state index in [1.165, 1.54) is 9.18 Å². The molecule has 7 heteroatoms. The number of hydrogen-bond donors (Lipinski definition) is 0. The minimum absolute atomic E-state index is 0.121. The van der Waals surface area contributed by atoms with E-state index in [2.05, 4.69) is 0 Å². The Kier molecular flexibility index (Phi) is 7.37. The third kappa shape index (κ3) is 6.23. The highest BCUT2D eigenvalue weighted by atomic mass is 32.2. The van der Waals surface area contributed by atoms with E-state index in [1.807, 2.05) is 56.3 Å². The molecular formula is C19H26N2O3S2. The SMILES string of the molecule is CCCN(CC(=O)N(Cc1ccccc1)Cc1ccc(C)s1)S(C)(=O)=O. The first-order valence-electron chi connectivity index (χ1n) is 8.61. The third-order valence-corrected chi connectivity index (χ3v) is 6.20. The van der Waals surface area contributed by atoms with Gasteiger partial charge in [0.1, 0.15) is 0 Å². The molecule has 1 heterocycles. The Balaban J connectivity index is 2.19. The van der Waals surface area contributed by atoms with Gasteiger partial charge in [-0.15, -0.1) is 11.3 Å². The minimum Gasteiger partial charge on any atom is -0.332 e. The summed E-state index contributed by atoms with van der Waals surface area (Å²) in [6.07, 6.45) is 1.82. The fraction of sp³-hybridized carbons (Fsp3) is 0.421. The highest BCUT2D eigenvalue weighted by molar-refractivity contribution is 7.88. The second-order valence-electron chi connectivity index (χ2n) is 6.34. The van der Waals surface area contributed by atoms with Crippen molar-refractivity contribution in [2.75, 3.05) is 19.3 Å². The summed E-state index contributed by atoms with van der Waals surface area (Å²) in [4.78, 5) is 16.9. The molecule has 0 saturated heterocycles. The quantitative estimate of drug-likeness (QED) is 0.656. The third-order valence-electron chi connectivity index (χ3n) is 3.97. The van der Waals surface area contributed by atoms with Crippen LogP contribution in [0.2, 0.25) is 0 Å². The van der Waals surface area contributed by atoms with Gasteiger partial charge in [0.2, 0.25) is 15.9 Å². The Hall–Kier alpha value is -1.70. The zero-order valence-electron chi connectivity index (χ0n) is 15.5. The van der Waals surface area contributed by atoms with Gasteiger partial charge in [0.25, 0.3) is 0 Å². The molecule has 0 unspecified atom stereocenters. The van der Waals surface area contributed by atoms with Crippen molar-refractivity contribution in [2.24, 2.45) is 0 Å². The fourth-order valence-corrected chi connectivity index (χ4v) is 4.42. The summed E-state index contributed by atoms with van der Waals surface area (Å²) in [5.41, 5.74) is 1.02. The van der Waals surface area contributed by atoms with E-state index in [0.717, 1.165) is 16.7 Å². The molecule has 1 aromatic carbocycles. The lowest BCUT2D eigenvalue weighted by molar-refractivity contribution is -0.132. The summed E-state index contributed by atoms with van der Waals surface area (Å²) in [7, 11) is -3.41. The van der Waals surface area contributed by atoms with Crippen LogP contribution in [0.15, 0.2) is 42.5 Å². The van der Waals surface area contributed by atoms with Gasteiger partial charge < -0.3 is 4.90 Å². The summed E-state index contributed by atoms with van der Waals surface area (Å²) in [5.74, 6) is -0.182. The lowest BCUT2D eigenvalue weighted by Gasteiger charge is -2.26. The number of carbonyl (C=O) groups is 1. The minimum atomic E-state index is -3.41. The maximum atomic E-state index is 12.9. The van der Waals surface area contributed by atoms with Gasteiger partial charge in [-0.1, -0.05) is 37.3 Å². The Morgan fingerprint density at radius 2 is 1.77 bits per heavy atom. The molecule has 0 spiro atoms. The van der Waals surface area contributed by atoms with Gasteiger partial charge in [-0.05, 0) is 31.0 Å². The first kappa shape index (κ1) is 20.6. The first-order chi connectivity index (χ1) is 12.3. The molecule has 0 fully saturated rings. The smallest absolute Gasteiger partial charge is 0.238 e. The van der Waals surface area contributed by atoms with E-state index in [4.69, 9.17) is 0 Å². The highest BCUT2D eigenvalue weighted by Gasteiger charge is 2.23. The van der Waals surface area contributed by atoms with Crippen molar-refractivity contribution in [3.05, 3.63) is 57.8 Å². The van der Waals surface area contributed by atoms with Crippen LogP contribution in [0.1, 0.15) is 28.7 Å². The van der Waals surface area contributed by atoms with Crippen molar-refractivity contribution in [1.82, 2.24) is 9.21 Å². The molecule has 0 atom stereocenters. The van der Waals surface area contributed by atoms with Crippen molar-refractivity contribution in [2.45, 2.75) is 33.4 Å². The number of thiophene rings is 1. The molecule has 0 aliphatic rings. The molecule has 142 valence electrons. The monoisotopic (exact) mass is 394 g/mol. The molecule has 0 N–H and O–H groups in total. The van der Waals surface area contributed by atoms with Gasteiger partial charge in [-0.2, -0.15) is 4.31 Å². The molecule has 0 aliphatic heterocycles. The van der Waals surface area contributed by atoms with Crippen LogP contribution in [0.25, 0.3) is 0 Å². The molecule has 5 nitrogen and oxygen atoms in total. The highest BCUT2D eigenvalue weighted by Crippen LogP contribution is 2.19. The number of rotatable bonds is 9. The molecule has 1 aromatic heterocycles. The van der Waals surface area contributed by atoms with Crippen LogP contribution in [0.4, 0.5) is 0 Å². The average Bonchev–Trinajstić information content (AvgIpc) is 2.99. The standard InChI is InChI=1S/C19H26N2O3S2/c1-4-12-21(26(3,23)24)15-19(22)20(13-17-8-6-5-7-9-17)14-18-11-10-16(2)25-18/h5-11H,4,12-15H2,1-3H3. The van der Waals surface area contributed by atoms with Crippen molar-refractivity contribution in [3.63, 3.8) is 0 Å². The van der Waals surface area contributed by atoms with Gasteiger partial charge in [0.05, 0.1) is 19.3 Å². The summed E-state index contributed by atoms with van der Waals surface area (Å²) in [6.45, 7) is 5.10. The van der Waals surface area contributed by atoms with Crippen molar-refractivity contribution in [3.8, 4) is 0 Å². The average molecular weight is 395 g/mol. The molecule has 2 aromatic rings. The van der Waals surface area contributed by atoms with E-state index in [9.17, 15) is 13.2 Å². The second kappa shape index (κ2) is 9.30. The maximum absolute atomic E-state index is 12.9. The number of amides is 1. The predicted molar refractivity (Wildman–Crippen MR) is 106 cm³/mol. The van der Waals surface area contributed by atoms with Crippen molar-refractivity contribution >= 4 is 27.3 Å². The lowest BCUT2D eigenvalue weighted by Crippen LogP contribution is -2.42. The van der Waals surface area contributed by atoms with Crippen molar-refractivity contribution < 1.29 is 13.2 Å². The first-order valence-corrected chi connectivity index (χ1v) is 11.3. The number of aryl methyl sites for hydroxylation is 1. The summed E-state index contributed by atoms with van der Waals surface area (Å²) in [5, 5.41) is 0. The lowest BCUT2D eigenvalue weighted by atomic mass is 10.2. The van der Waals surface area contributed by atoms with Crippen LogP contribution < -0.4 is 0 Å². The molecule has 26 heavy (non-hydrogen) atoms. The summed E-state index contributed by atoms with van der Waals surface area (Å²) in [6, 6.07) is 13.8. The van der Waals surface area contributed by atoms with E-state index < -0.39 is 10.0 Å². The van der Waals surface area contributed by atoms with Crippen LogP contribution in [-0.4, -0.2) is 42.9 Å². The van der Waals surface area contributed by atoms with Gasteiger partial charge in [-0.25, -0.2) is 8.42 Å². The number of benzene rings is 1. The van der Waals surface area contributed by atoms with Crippen LogP contribution >= 0.6 is 11.3 Å². The zero-order chi connectivity index (χ0) is 19.2. The van der Waals surface area contributed by atoms with Crippen LogP contribution in [0, 0.1) is 6.92 Å². The second-order valence-corrected chi connectivity index (χ2v) is 9.70. The molecule has 1 amide bonds. The largest absolute Gasteiger partial charge is 0.332 e. The maximum Gasteiger partial charge on any atom is 0.238 e. The molecular weight excluding hydrogens is 368 g/mol. The van der Waals surface area contributed by atoms with Crippen LogP contribution in [0.5, 0.6) is 0 Å². The topological polar surface area (TPSA) is 57.7 Å². The number of hydrogen-bond acceptors (Lipinski definition) is 4. The van der Waals surface area contributed by atoms with E-state index in [-0.39, 0.29) is 12.5 Å². The van der Waals surface area contributed by atoms with E-state index >= 15 is 0 Å². The predicted octanol–water partition coefficient (Wildman–Crippen LogP) is 3.26.